The van der Waals surface area contributed by atoms with Crippen molar-refractivity contribution in [2.24, 2.45) is 17.8 Å². The summed E-state index contributed by atoms with van der Waals surface area (Å²) >= 11 is 0. The Hall–Kier alpha value is -0.936. The number of halogens is 4. The van der Waals surface area contributed by atoms with Crippen molar-refractivity contribution >= 4 is 0 Å². The minimum Gasteiger partial charge on any atom is -0.455 e. The molecule has 1 nitrogen and oxygen atoms in total. The van der Waals surface area contributed by atoms with E-state index in [4.69, 9.17) is 0 Å². The predicted octanol–water partition coefficient (Wildman–Crippen LogP) is 7.99. The second-order valence-corrected chi connectivity index (χ2v) is 9.38. The van der Waals surface area contributed by atoms with E-state index in [0.29, 0.717) is 18.1 Å². The van der Waals surface area contributed by atoms with Gasteiger partial charge in [-0.3, -0.25) is 0 Å². The van der Waals surface area contributed by atoms with Gasteiger partial charge in [-0.05, 0) is 79.9 Å². The largest absolute Gasteiger partial charge is 3.00 e. The number of hydrogen-bond acceptors (Lipinski definition) is 1. The van der Waals surface area contributed by atoms with Crippen LogP contribution in [0.2, 0.25) is 0 Å². The molecule has 0 unspecified atom stereocenters. The first-order valence-electron chi connectivity index (χ1n) is 11.4. The van der Waals surface area contributed by atoms with Crippen LogP contribution >= 0.6 is 0 Å². The number of hydrogen-bond donors (Lipinski definition) is 0. The maximum atomic E-state index is 14.5. The van der Waals surface area contributed by atoms with Crippen LogP contribution in [0, 0.1) is 35.5 Å². The Labute approximate surface area is 213 Å². The van der Waals surface area contributed by atoms with Crippen LogP contribution in [-0.2, 0) is 38.8 Å². The molecule has 6 heteroatoms. The topological polar surface area (TPSA) is 9.23 Å². The van der Waals surface area contributed by atoms with E-state index < -0.39 is 23.5 Å². The first kappa shape index (κ1) is 25.7. The molecular weight excluding hydrogens is 493 g/mol. The Balaban J connectivity index is 0.00000289. The third kappa shape index (κ3) is 6.34. The van der Waals surface area contributed by atoms with E-state index in [1.54, 1.807) is 18.2 Å². The molecule has 2 saturated carbocycles. The molecule has 4 rings (SSSR count). The Morgan fingerprint density at radius 3 is 1.84 bits per heavy atom. The molecule has 2 aliphatic carbocycles. The van der Waals surface area contributed by atoms with Crippen LogP contribution in [0.1, 0.15) is 75.3 Å². The van der Waals surface area contributed by atoms with Crippen LogP contribution in [-0.4, -0.2) is 0 Å². The summed E-state index contributed by atoms with van der Waals surface area (Å²) in [4.78, 5) is 0. The zero-order valence-corrected chi connectivity index (χ0v) is 21.3. The zero-order chi connectivity index (χ0) is 22.0. The molecule has 0 heterocycles. The van der Waals surface area contributed by atoms with E-state index in [-0.39, 0.29) is 38.3 Å². The quantitative estimate of drug-likeness (QED) is 0.286. The van der Waals surface area contributed by atoms with Crippen LogP contribution in [0.5, 0.6) is 5.75 Å². The molecule has 2 aromatic carbocycles. The third-order valence-corrected chi connectivity index (χ3v) is 7.24. The molecule has 0 radical (unpaired) electrons. The van der Waals surface area contributed by atoms with Gasteiger partial charge in [-0.2, -0.15) is 8.78 Å². The fourth-order valence-corrected chi connectivity index (χ4v) is 5.37. The number of alkyl halides is 2. The summed E-state index contributed by atoms with van der Waals surface area (Å²) in [6.07, 6.45) is 6.35. The first-order valence-corrected chi connectivity index (χ1v) is 11.4. The summed E-state index contributed by atoms with van der Waals surface area (Å²) in [6.45, 7) is 2.35. The molecule has 0 amide bonds. The molecule has 0 aromatic heterocycles. The van der Waals surface area contributed by atoms with Gasteiger partial charge in [-0.25, -0.2) is 8.78 Å². The van der Waals surface area contributed by atoms with Crippen molar-refractivity contribution in [2.75, 3.05) is 0 Å². The van der Waals surface area contributed by atoms with Crippen molar-refractivity contribution in [3.8, 4) is 5.75 Å². The average molecular weight is 522 g/mol. The van der Waals surface area contributed by atoms with Crippen molar-refractivity contribution in [3.63, 3.8) is 0 Å². The average Bonchev–Trinajstić information content (AvgIpc) is 2.73. The van der Waals surface area contributed by atoms with Crippen molar-refractivity contribution in [2.45, 2.75) is 70.3 Å². The maximum Gasteiger partial charge on any atom is 3.00 e. The van der Waals surface area contributed by atoms with Crippen LogP contribution in [0.25, 0.3) is 0 Å². The maximum absolute atomic E-state index is 14.5. The minimum atomic E-state index is -3.69. The van der Waals surface area contributed by atoms with Crippen molar-refractivity contribution < 1.29 is 55.0 Å². The van der Waals surface area contributed by atoms with Crippen molar-refractivity contribution in [3.05, 3.63) is 65.2 Å². The first-order chi connectivity index (χ1) is 14.8. The van der Waals surface area contributed by atoms with E-state index in [9.17, 15) is 17.6 Å². The second kappa shape index (κ2) is 11.0. The summed E-state index contributed by atoms with van der Waals surface area (Å²) in [7, 11) is 0. The summed E-state index contributed by atoms with van der Waals surface area (Å²) in [6, 6.07) is 9.31. The van der Waals surface area contributed by atoms with E-state index in [1.807, 2.05) is 0 Å². The molecule has 0 spiro atoms. The smallest absolute Gasteiger partial charge is 0.455 e. The molecule has 0 aliphatic heterocycles. The molecule has 0 N–H and O–H groups in total. The Bertz CT molecular complexity index is 850. The summed E-state index contributed by atoms with van der Waals surface area (Å²) in [5, 5.41) is 0. The standard InChI is InChI=1S/C26H29F4O.Y/c1-17-2-4-18(5-3-17)19-6-8-20(9-7-19)21-10-12-22(13-11-21)26(29,30)31-25-15-23(27)14-24(28)16-25;/h10-13,15-20H,2-9H2,1H3;/q-1;+3. The van der Waals surface area contributed by atoms with Gasteiger partial charge in [0.25, 0.3) is 0 Å². The number of ether oxygens (including phenoxy) is 1. The second-order valence-electron chi connectivity index (χ2n) is 9.38. The van der Waals surface area contributed by atoms with Gasteiger partial charge in [0.05, 0.1) is 5.56 Å². The monoisotopic (exact) mass is 522 g/mol. The molecule has 0 atom stereocenters. The van der Waals surface area contributed by atoms with Gasteiger partial charge in [-0.15, -0.1) is 6.07 Å². The van der Waals surface area contributed by atoms with Gasteiger partial charge in [0.15, 0.2) is 0 Å². The van der Waals surface area contributed by atoms with Gasteiger partial charge in [-0.1, -0.05) is 44.0 Å². The SMILES string of the molecule is CC1CCC(C2CCC(c3ccc(C(F)(F)Oc4cc(F)[c-]c(F)c4)cc3)CC2)CC1.[Y+3]. The molecule has 2 fully saturated rings. The zero-order valence-electron chi connectivity index (χ0n) is 18.4. The van der Waals surface area contributed by atoms with Crippen LogP contribution in [0.4, 0.5) is 17.6 Å². The van der Waals surface area contributed by atoms with E-state index in [0.717, 1.165) is 36.2 Å². The fourth-order valence-electron chi connectivity index (χ4n) is 5.37. The Morgan fingerprint density at radius 2 is 1.31 bits per heavy atom. The van der Waals surface area contributed by atoms with Gasteiger partial charge < -0.3 is 4.74 Å². The van der Waals surface area contributed by atoms with Gasteiger partial charge in [0, 0.05) is 17.4 Å². The third-order valence-electron chi connectivity index (χ3n) is 7.24. The summed E-state index contributed by atoms with van der Waals surface area (Å²) in [5.74, 6) is 0.198. The van der Waals surface area contributed by atoms with Crippen molar-refractivity contribution in [1.29, 1.82) is 0 Å². The normalized spacial score (nSPS) is 26.3. The Morgan fingerprint density at radius 1 is 0.812 bits per heavy atom. The summed E-state index contributed by atoms with van der Waals surface area (Å²) < 4.78 is 60.0. The number of benzene rings is 2. The van der Waals surface area contributed by atoms with E-state index in [2.05, 4.69) is 11.7 Å². The molecule has 2 aromatic rings. The molecule has 32 heavy (non-hydrogen) atoms. The van der Waals surface area contributed by atoms with Crippen LogP contribution in [0.3, 0.4) is 0 Å². The molecule has 168 valence electrons. The fraction of sp³-hybridized carbons (Fsp3) is 0.538. The van der Waals surface area contributed by atoms with Crippen molar-refractivity contribution in [1.82, 2.24) is 0 Å². The van der Waals surface area contributed by atoms with Crippen LogP contribution < -0.4 is 4.74 Å². The van der Waals surface area contributed by atoms with Crippen LogP contribution in [0.15, 0.2) is 36.4 Å². The molecular formula is C26H29F4OY+2. The minimum absolute atomic E-state index is 0. The number of rotatable bonds is 5. The molecule has 0 saturated heterocycles. The summed E-state index contributed by atoms with van der Waals surface area (Å²) in [5.41, 5.74) is 0.733. The van der Waals surface area contributed by atoms with Gasteiger partial charge >= 0.3 is 38.8 Å². The van der Waals surface area contributed by atoms with E-state index in [1.165, 1.54) is 50.7 Å². The predicted molar refractivity (Wildman–Crippen MR) is 112 cm³/mol. The van der Waals surface area contributed by atoms with Gasteiger partial charge in [0.2, 0.25) is 0 Å². The molecule has 0 bridgehead atoms. The molecule has 2 aliphatic rings. The van der Waals surface area contributed by atoms with Gasteiger partial charge in [0.1, 0.15) is 0 Å². The van der Waals surface area contributed by atoms with E-state index >= 15 is 0 Å². The Kier molecular flexibility index (Phi) is 8.82.